The summed E-state index contributed by atoms with van der Waals surface area (Å²) >= 11 is 0. The topological polar surface area (TPSA) is 42.0 Å². The zero-order valence-electron chi connectivity index (χ0n) is 9.90. The molecule has 0 spiro atoms. The third kappa shape index (κ3) is 2.91. The highest BCUT2D eigenvalue weighted by atomic mass is 16.1. The van der Waals surface area contributed by atoms with Crippen LogP contribution in [0.15, 0.2) is 42.6 Å². The van der Waals surface area contributed by atoms with Crippen LogP contribution in [0.4, 0.5) is 5.69 Å². The van der Waals surface area contributed by atoms with Crippen molar-refractivity contribution < 1.29 is 4.79 Å². The largest absolute Gasteiger partial charge is 0.321 e. The van der Waals surface area contributed by atoms with Crippen molar-refractivity contribution in [3.63, 3.8) is 0 Å². The fourth-order valence-corrected chi connectivity index (χ4v) is 1.58. The highest BCUT2D eigenvalue weighted by Gasteiger charge is 2.07. The molecule has 0 bridgehead atoms. The number of nitrogens with zero attached hydrogens (tertiary/aromatic N) is 1. The van der Waals surface area contributed by atoms with Crippen LogP contribution in [0.1, 0.15) is 21.6 Å². The molecule has 1 N–H and O–H groups in total. The Morgan fingerprint density at radius 2 is 1.88 bits per heavy atom. The van der Waals surface area contributed by atoms with Crippen molar-refractivity contribution in [1.82, 2.24) is 4.98 Å². The standard InChI is InChI=1S/C14H14N2O/c1-10-4-3-5-12(8-10)16-14(17)13-9-11(2)6-7-15-13/h3-9H,1-2H3,(H,16,17). The quantitative estimate of drug-likeness (QED) is 0.855. The molecule has 0 fully saturated rings. The molecule has 0 aliphatic heterocycles. The summed E-state index contributed by atoms with van der Waals surface area (Å²) in [4.78, 5) is 16.0. The van der Waals surface area contributed by atoms with Gasteiger partial charge in [0, 0.05) is 11.9 Å². The average Bonchev–Trinajstić information content (AvgIpc) is 2.29. The summed E-state index contributed by atoms with van der Waals surface area (Å²) in [7, 11) is 0. The fourth-order valence-electron chi connectivity index (χ4n) is 1.58. The predicted octanol–water partition coefficient (Wildman–Crippen LogP) is 2.95. The zero-order chi connectivity index (χ0) is 12.3. The number of aromatic nitrogens is 1. The van der Waals surface area contributed by atoms with Gasteiger partial charge in [-0.05, 0) is 49.2 Å². The number of rotatable bonds is 2. The van der Waals surface area contributed by atoms with Crippen molar-refractivity contribution >= 4 is 11.6 Å². The Hall–Kier alpha value is -2.16. The summed E-state index contributed by atoms with van der Waals surface area (Å²) in [6.07, 6.45) is 1.64. The second kappa shape index (κ2) is 4.78. The molecule has 0 aliphatic rings. The molecule has 2 rings (SSSR count). The third-order valence-corrected chi connectivity index (χ3v) is 2.42. The maximum Gasteiger partial charge on any atom is 0.274 e. The van der Waals surface area contributed by atoms with Crippen molar-refractivity contribution in [2.45, 2.75) is 13.8 Å². The molecule has 17 heavy (non-hydrogen) atoms. The first-order valence-corrected chi connectivity index (χ1v) is 5.46. The fraction of sp³-hybridized carbons (Fsp3) is 0.143. The second-order valence-electron chi connectivity index (χ2n) is 4.04. The van der Waals surface area contributed by atoms with Gasteiger partial charge in [0.15, 0.2) is 0 Å². The number of aryl methyl sites for hydroxylation is 2. The van der Waals surface area contributed by atoms with Gasteiger partial charge in [-0.15, -0.1) is 0 Å². The van der Waals surface area contributed by atoms with Crippen LogP contribution in [0.25, 0.3) is 0 Å². The minimum atomic E-state index is -0.181. The zero-order valence-corrected chi connectivity index (χ0v) is 9.90. The van der Waals surface area contributed by atoms with Crippen molar-refractivity contribution in [3.05, 3.63) is 59.4 Å². The molecule has 1 aromatic carbocycles. The van der Waals surface area contributed by atoms with E-state index in [1.807, 2.05) is 44.2 Å². The predicted molar refractivity (Wildman–Crippen MR) is 68.1 cm³/mol. The van der Waals surface area contributed by atoms with Gasteiger partial charge in [-0.3, -0.25) is 9.78 Å². The van der Waals surface area contributed by atoms with Crippen LogP contribution in [0.5, 0.6) is 0 Å². The van der Waals surface area contributed by atoms with Crippen LogP contribution in [-0.4, -0.2) is 10.9 Å². The Morgan fingerprint density at radius 3 is 2.59 bits per heavy atom. The van der Waals surface area contributed by atoms with Crippen LogP contribution < -0.4 is 5.32 Å². The van der Waals surface area contributed by atoms with Gasteiger partial charge in [0.1, 0.15) is 5.69 Å². The molecule has 0 aliphatic carbocycles. The van der Waals surface area contributed by atoms with E-state index in [-0.39, 0.29) is 5.91 Å². The summed E-state index contributed by atoms with van der Waals surface area (Å²) in [5.41, 5.74) is 3.36. The molecule has 0 unspecified atom stereocenters. The van der Waals surface area contributed by atoms with E-state index >= 15 is 0 Å². The molecule has 2 aromatic rings. The first kappa shape index (κ1) is 11.3. The molecular formula is C14H14N2O. The Labute approximate surface area is 101 Å². The molecule has 0 saturated heterocycles. The van der Waals surface area contributed by atoms with Crippen molar-refractivity contribution in [1.29, 1.82) is 0 Å². The van der Waals surface area contributed by atoms with Gasteiger partial charge in [0.2, 0.25) is 0 Å². The maximum absolute atomic E-state index is 11.9. The highest BCUT2D eigenvalue weighted by molar-refractivity contribution is 6.02. The molecule has 1 heterocycles. The lowest BCUT2D eigenvalue weighted by atomic mass is 10.2. The van der Waals surface area contributed by atoms with Gasteiger partial charge in [-0.2, -0.15) is 0 Å². The van der Waals surface area contributed by atoms with Gasteiger partial charge in [0.05, 0.1) is 0 Å². The molecule has 3 heteroatoms. The van der Waals surface area contributed by atoms with Crippen LogP contribution in [-0.2, 0) is 0 Å². The number of pyridine rings is 1. The van der Waals surface area contributed by atoms with Gasteiger partial charge in [0.25, 0.3) is 5.91 Å². The lowest BCUT2D eigenvalue weighted by Gasteiger charge is -2.05. The summed E-state index contributed by atoms with van der Waals surface area (Å²) < 4.78 is 0. The minimum Gasteiger partial charge on any atom is -0.321 e. The molecular weight excluding hydrogens is 212 g/mol. The van der Waals surface area contributed by atoms with Crippen molar-refractivity contribution in [2.24, 2.45) is 0 Å². The Bertz CT molecular complexity index is 549. The van der Waals surface area contributed by atoms with Crippen LogP contribution in [0, 0.1) is 13.8 Å². The molecule has 3 nitrogen and oxygen atoms in total. The van der Waals surface area contributed by atoms with E-state index < -0.39 is 0 Å². The first-order valence-electron chi connectivity index (χ1n) is 5.46. The SMILES string of the molecule is Cc1cccc(NC(=O)c2cc(C)ccn2)c1. The first-order chi connectivity index (χ1) is 8.15. The number of nitrogens with one attached hydrogen (secondary N) is 1. The number of benzene rings is 1. The molecule has 86 valence electrons. The van der Waals surface area contributed by atoms with E-state index in [1.54, 1.807) is 12.3 Å². The van der Waals surface area contributed by atoms with E-state index in [4.69, 9.17) is 0 Å². The molecule has 0 atom stereocenters. The smallest absolute Gasteiger partial charge is 0.274 e. The number of carbonyl (C=O) groups is 1. The van der Waals surface area contributed by atoms with Gasteiger partial charge >= 0.3 is 0 Å². The number of amides is 1. The molecule has 1 amide bonds. The van der Waals surface area contributed by atoms with Crippen LogP contribution >= 0.6 is 0 Å². The van der Waals surface area contributed by atoms with E-state index in [9.17, 15) is 4.79 Å². The normalized spacial score (nSPS) is 10.0. The number of carbonyl (C=O) groups excluding carboxylic acids is 1. The Balaban J connectivity index is 2.17. The summed E-state index contributed by atoms with van der Waals surface area (Å²) in [6, 6.07) is 11.3. The van der Waals surface area contributed by atoms with Crippen molar-refractivity contribution in [2.75, 3.05) is 5.32 Å². The maximum atomic E-state index is 11.9. The third-order valence-electron chi connectivity index (χ3n) is 2.42. The second-order valence-corrected chi connectivity index (χ2v) is 4.04. The molecule has 0 radical (unpaired) electrons. The lowest BCUT2D eigenvalue weighted by molar-refractivity contribution is 0.102. The highest BCUT2D eigenvalue weighted by Crippen LogP contribution is 2.11. The van der Waals surface area contributed by atoms with Gasteiger partial charge < -0.3 is 5.32 Å². The van der Waals surface area contributed by atoms with Crippen LogP contribution in [0.2, 0.25) is 0 Å². The molecule has 1 aromatic heterocycles. The van der Waals surface area contributed by atoms with E-state index in [0.717, 1.165) is 16.8 Å². The van der Waals surface area contributed by atoms with Crippen LogP contribution in [0.3, 0.4) is 0 Å². The summed E-state index contributed by atoms with van der Waals surface area (Å²) in [5.74, 6) is -0.181. The molecule has 0 saturated carbocycles. The number of hydrogen-bond acceptors (Lipinski definition) is 2. The summed E-state index contributed by atoms with van der Waals surface area (Å²) in [6.45, 7) is 3.92. The van der Waals surface area contributed by atoms with Gasteiger partial charge in [-0.1, -0.05) is 12.1 Å². The van der Waals surface area contributed by atoms with E-state index in [0.29, 0.717) is 5.69 Å². The van der Waals surface area contributed by atoms with Gasteiger partial charge in [-0.25, -0.2) is 0 Å². The van der Waals surface area contributed by atoms with E-state index in [2.05, 4.69) is 10.3 Å². The Morgan fingerprint density at radius 1 is 1.12 bits per heavy atom. The Kier molecular flexibility index (Phi) is 3.19. The summed E-state index contributed by atoms with van der Waals surface area (Å²) in [5, 5.41) is 2.82. The monoisotopic (exact) mass is 226 g/mol. The lowest BCUT2D eigenvalue weighted by Crippen LogP contribution is -2.13. The average molecular weight is 226 g/mol. The number of anilines is 1. The van der Waals surface area contributed by atoms with E-state index in [1.165, 1.54) is 0 Å². The number of hydrogen-bond donors (Lipinski definition) is 1. The minimum absolute atomic E-state index is 0.181. The van der Waals surface area contributed by atoms with Crippen molar-refractivity contribution in [3.8, 4) is 0 Å².